The van der Waals surface area contributed by atoms with Gasteiger partial charge in [0.15, 0.2) is 0 Å². The highest BCUT2D eigenvalue weighted by atomic mass is 15.2. The van der Waals surface area contributed by atoms with Gasteiger partial charge in [0.05, 0.1) is 0 Å². The highest BCUT2D eigenvalue weighted by Crippen LogP contribution is 2.27. The fourth-order valence-corrected chi connectivity index (χ4v) is 3.16. The van der Waals surface area contributed by atoms with Gasteiger partial charge in [-0.3, -0.25) is 0 Å². The fraction of sp³-hybridized carbons (Fsp3) is 1.00. The van der Waals surface area contributed by atoms with E-state index in [2.05, 4.69) is 24.1 Å². The van der Waals surface area contributed by atoms with Crippen molar-refractivity contribution in [1.82, 2.24) is 10.2 Å². The van der Waals surface area contributed by atoms with E-state index in [-0.39, 0.29) is 0 Å². The Kier molecular flexibility index (Phi) is 4.66. The number of piperazine rings is 1. The van der Waals surface area contributed by atoms with Gasteiger partial charge < -0.3 is 10.2 Å². The standard InChI is InChI=1S/C14H28N2/c1-12(2)14-11-16(10-8-15-14)9-7-13-5-3-4-6-13/h12-15H,3-11H2,1-2H3. The van der Waals surface area contributed by atoms with Gasteiger partial charge in [0.2, 0.25) is 0 Å². The van der Waals surface area contributed by atoms with E-state index in [9.17, 15) is 0 Å². The Morgan fingerprint density at radius 2 is 2.00 bits per heavy atom. The van der Waals surface area contributed by atoms with Gasteiger partial charge in [-0.1, -0.05) is 39.5 Å². The molecular weight excluding hydrogens is 196 g/mol. The molecule has 2 heteroatoms. The molecule has 2 rings (SSSR count). The SMILES string of the molecule is CC(C)C1CN(CCC2CCCC2)CCN1. The van der Waals surface area contributed by atoms with Gasteiger partial charge >= 0.3 is 0 Å². The molecule has 1 saturated carbocycles. The van der Waals surface area contributed by atoms with E-state index in [1.165, 1.54) is 58.3 Å². The average molecular weight is 224 g/mol. The van der Waals surface area contributed by atoms with Crippen LogP contribution in [0.25, 0.3) is 0 Å². The van der Waals surface area contributed by atoms with Crippen molar-refractivity contribution >= 4 is 0 Å². The fourth-order valence-electron chi connectivity index (χ4n) is 3.16. The van der Waals surface area contributed by atoms with Crippen LogP contribution in [0.15, 0.2) is 0 Å². The molecule has 1 unspecified atom stereocenters. The molecule has 1 N–H and O–H groups in total. The molecule has 2 fully saturated rings. The Hall–Kier alpha value is -0.0800. The quantitative estimate of drug-likeness (QED) is 0.789. The van der Waals surface area contributed by atoms with Gasteiger partial charge in [-0.05, 0) is 24.8 Å². The first-order chi connectivity index (χ1) is 7.75. The van der Waals surface area contributed by atoms with Crippen LogP contribution in [0.1, 0.15) is 46.0 Å². The summed E-state index contributed by atoms with van der Waals surface area (Å²) in [5.41, 5.74) is 0. The smallest absolute Gasteiger partial charge is 0.0218 e. The molecule has 1 heterocycles. The molecule has 0 amide bonds. The van der Waals surface area contributed by atoms with Gasteiger partial charge in [-0.2, -0.15) is 0 Å². The Balaban J connectivity index is 1.68. The van der Waals surface area contributed by atoms with Gasteiger partial charge in [-0.15, -0.1) is 0 Å². The van der Waals surface area contributed by atoms with E-state index >= 15 is 0 Å². The lowest BCUT2D eigenvalue weighted by atomic mass is 10.00. The Morgan fingerprint density at radius 3 is 2.69 bits per heavy atom. The maximum atomic E-state index is 3.63. The lowest BCUT2D eigenvalue weighted by Gasteiger charge is -2.36. The van der Waals surface area contributed by atoms with Crippen molar-refractivity contribution in [2.75, 3.05) is 26.2 Å². The molecule has 1 atom stereocenters. The molecule has 0 radical (unpaired) electrons. The summed E-state index contributed by atoms with van der Waals surface area (Å²) in [5.74, 6) is 1.82. The predicted octanol–water partition coefficient (Wildman–Crippen LogP) is 2.50. The third-order valence-corrected chi connectivity index (χ3v) is 4.42. The molecular formula is C14H28N2. The zero-order valence-electron chi connectivity index (χ0n) is 11.0. The summed E-state index contributed by atoms with van der Waals surface area (Å²) in [4.78, 5) is 2.68. The van der Waals surface area contributed by atoms with E-state index in [0.29, 0.717) is 0 Å². The van der Waals surface area contributed by atoms with Crippen LogP contribution in [0.5, 0.6) is 0 Å². The summed E-state index contributed by atoms with van der Waals surface area (Å²) in [6.07, 6.45) is 7.42. The maximum Gasteiger partial charge on any atom is 0.0218 e. The summed E-state index contributed by atoms with van der Waals surface area (Å²) in [5, 5.41) is 3.63. The molecule has 0 aromatic rings. The molecule has 0 bridgehead atoms. The lowest BCUT2D eigenvalue weighted by molar-refractivity contribution is 0.166. The molecule has 2 nitrogen and oxygen atoms in total. The molecule has 1 aliphatic heterocycles. The third-order valence-electron chi connectivity index (χ3n) is 4.42. The number of nitrogens with one attached hydrogen (secondary N) is 1. The normalized spacial score (nSPS) is 29.1. The molecule has 94 valence electrons. The summed E-state index contributed by atoms with van der Waals surface area (Å²) < 4.78 is 0. The number of nitrogens with zero attached hydrogens (tertiary/aromatic N) is 1. The van der Waals surface area contributed by atoms with E-state index in [1.807, 2.05) is 0 Å². The largest absolute Gasteiger partial charge is 0.311 e. The minimum absolute atomic E-state index is 0.720. The molecule has 16 heavy (non-hydrogen) atoms. The van der Waals surface area contributed by atoms with Gasteiger partial charge in [-0.25, -0.2) is 0 Å². The van der Waals surface area contributed by atoms with Crippen molar-refractivity contribution in [3.05, 3.63) is 0 Å². The van der Waals surface area contributed by atoms with Crippen LogP contribution in [0, 0.1) is 11.8 Å². The van der Waals surface area contributed by atoms with E-state index in [1.54, 1.807) is 0 Å². The van der Waals surface area contributed by atoms with Crippen LogP contribution in [0.3, 0.4) is 0 Å². The minimum atomic E-state index is 0.720. The summed E-state index contributed by atoms with van der Waals surface area (Å²) >= 11 is 0. The lowest BCUT2D eigenvalue weighted by Crippen LogP contribution is -2.53. The number of rotatable bonds is 4. The molecule has 1 aliphatic carbocycles. The summed E-state index contributed by atoms with van der Waals surface area (Å²) in [7, 11) is 0. The average Bonchev–Trinajstić information content (AvgIpc) is 2.79. The molecule has 0 aromatic carbocycles. The molecule has 1 saturated heterocycles. The molecule has 0 aromatic heterocycles. The Bertz CT molecular complexity index is 197. The van der Waals surface area contributed by atoms with Crippen molar-refractivity contribution < 1.29 is 0 Å². The van der Waals surface area contributed by atoms with E-state index in [0.717, 1.165) is 17.9 Å². The number of hydrogen-bond donors (Lipinski definition) is 1. The maximum absolute atomic E-state index is 3.63. The Morgan fingerprint density at radius 1 is 1.25 bits per heavy atom. The van der Waals surface area contributed by atoms with Crippen molar-refractivity contribution in [2.45, 2.75) is 52.0 Å². The van der Waals surface area contributed by atoms with Crippen LogP contribution in [0.2, 0.25) is 0 Å². The van der Waals surface area contributed by atoms with Crippen LogP contribution < -0.4 is 5.32 Å². The monoisotopic (exact) mass is 224 g/mol. The van der Waals surface area contributed by atoms with Crippen LogP contribution in [-0.2, 0) is 0 Å². The first kappa shape index (κ1) is 12.4. The number of hydrogen-bond acceptors (Lipinski definition) is 2. The van der Waals surface area contributed by atoms with Gasteiger partial charge in [0.25, 0.3) is 0 Å². The Labute approximate surface area is 101 Å². The highest BCUT2D eigenvalue weighted by Gasteiger charge is 2.22. The van der Waals surface area contributed by atoms with Gasteiger partial charge in [0, 0.05) is 25.7 Å². The van der Waals surface area contributed by atoms with Crippen molar-refractivity contribution in [1.29, 1.82) is 0 Å². The molecule has 2 aliphatic rings. The third kappa shape index (κ3) is 3.46. The second kappa shape index (κ2) is 6.02. The van der Waals surface area contributed by atoms with Crippen LogP contribution in [0.4, 0.5) is 0 Å². The first-order valence-corrected chi connectivity index (χ1v) is 7.21. The zero-order valence-corrected chi connectivity index (χ0v) is 11.0. The topological polar surface area (TPSA) is 15.3 Å². The highest BCUT2D eigenvalue weighted by molar-refractivity contribution is 4.81. The minimum Gasteiger partial charge on any atom is -0.311 e. The van der Waals surface area contributed by atoms with E-state index < -0.39 is 0 Å². The summed E-state index contributed by atoms with van der Waals surface area (Å²) in [6, 6.07) is 0.720. The molecule has 0 spiro atoms. The predicted molar refractivity (Wildman–Crippen MR) is 69.6 cm³/mol. The zero-order chi connectivity index (χ0) is 11.4. The second-order valence-corrected chi connectivity index (χ2v) is 6.04. The van der Waals surface area contributed by atoms with Crippen molar-refractivity contribution in [2.24, 2.45) is 11.8 Å². The van der Waals surface area contributed by atoms with Crippen LogP contribution in [-0.4, -0.2) is 37.1 Å². The van der Waals surface area contributed by atoms with Crippen molar-refractivity contribution in [3.63, 3.8) is 0 Å². The van der Waals surface area contributed by atoms with Crippen LogP contribution >= 0.6 is 0 Å². The first-order valence-electron chi connectivity index (χ1n) is 7.21. The van der Waals surface area contributed by atoms with Crippen molar-refractivity contribution in [3.8, 4) is 0 Å². The van der Waals surface area contributed by atoms with E-state index in [4.69, 9.17) is 0 Å². The second-order valence-electron chi connectivity index (χ2n) is 6.04. The summed E-state index contributed by atoms with van der Waals surface area (Å²) in [6.45, 7) is 9.72. The van der Waals surface area contributed by atoms with Gasteiger partial charge in [0.1, 0.15) is 0 Å².